The molecule has 1 aromatic carbocycles. The van der Waals surface area contributed by atoms with Crippen LogP contribution < -0.4 is 16.0 Å². The number of nitrogens with two attached hydrogens (primary N) is 1. The summed E-state index contributed by atoms with van der Waals surface area (Å²) in [4.78, 5) is 31.2. The number of primary amides is 1. The highest BCUT2D eigenvalue weighted by Crippen LogP contribution is 2.31. The molecule has 0 atom stereocenters. The van der Waals surface area contributed by atoms with Crippen molar-refractivity contribution in [2.75, 3.05) is 23.8 Å². The number of nitriles is 1. The summed E-state index contributed by atoms with van der Waals surface area (Å²) in [5.41, 5.74) is 7.92. The number of aryl methyl sites for hydroxylation is 2. The Morgan fingerprint density at radius 3 is 2.40 bits per heavy atom. The van der Waals surface area contributed by atoms with Crippen LogP contribution >= 0.6 is 0 Å². The fraction of sp³-hybridized carbons (Fsp3) is 0.500. The second-order valence-corrected chi connectivity index (χ2v) is 8.67. The van der Waals surface area contributed by atoms with Crippen molar-refractivity contribution in [3.8, 4) is 6.07 Å². The number of halogens is 1. The van der Waals surface area contributed by atoms with Crippen LogP contribution in [0.2, 0.25) is 0 Å². The molecule has 0 saturated heterocycles. The number of amides is 1. The maximum atomic E-state index is 13.9. The fourth-order valence-electron chi connectivity index (χ4n) is 3.32. The summed E-state index contributed by atoms with van der Waals surface area (Å²) in [6.07, 6.45) is 6.61. The van der Waals surface area contributed by atoms with Crippen LogP contribution in [0.25, 0.3) is 0 Å². The summed E-state index contributed by atoms with van der Waals surface area (Å²) in [5.74, 6) is 0.116. The molecule has 1 fully saturated rings. The van der Waals surface area contributed by atoms with E-state index in [2.05, 4.69) is 28.3 Å². The Kier molecular flexibility index (Phi) is 12.4. The molecule has 8 nitrogen and oxygen atoms in total. The lowest BCUT2D eigenvalue weighted by Gasteiger charge is -2.26. The number of hydrogen-bond acceptors (Lipinski definition) is 7. The van der Waals surface area contributed by atoms with E-state index in [0.717, 1.165) is 49.4 Å². The van der Waals surface area contributed by atoms with Gasteiger partial charge < -0.3 is 20.7 Å². The fourth-order valence-corrected chi connectivity index (χ4v) is 3.32. The quantitative estimate of drug-likeness (QED) is 0.525. The number of rotatable bonds is 7. The van der Waals surface area contributed by atoms with Crippen molar-refractivity contribution >= 4 is 29.5 Å². The van der Waals surface area contributed by atoms with Gasteiger partial charge in [0.05, 0.1) is 29.2 Å². The highest BCUT2D eigenvalue weighted by atomic mass is 19.1. The Hall–Kier alpha value is -3.54. The SMILES string of the molecule is CC1CC(C#N)C1.CCCC=O.CCN(C)c1cnc(Nc2cc(F)c(C(N)=O)cc2C)nc1C. The molecule has 35 heavy (non-hydrogen) atoms. The van der Waals surface area contributed by atoms with Gasteiger partial charge in [-0.25, -0.2) is 14.4 Å². The van der Waals surface area contributed by atoms with Crippen LogP contribution in [-0.4, -0.2) is 35.8 Å². The number of carbonyl (C=O) groups excluding carboxylic acids is 2. The molecule has 1 amide bonds. The monoisotopic (exact) mass is 484 g/mol. The molecular weight excluding hydrogens is 447 g/mol. The highest BCUT2D eigenvalue weighted by molar-refractivity contribution is 5.94. The van der Waals surface area contributed by atoms with Crippen molar-refractivity contribution in [3.63, 3.8) is 0 Å². The molecule has 0 spiro atoms. The average molecular weight is 485 g/mol. The second kappa shape index (κ2) is 14.7. The van der Waals surface area contributed by atoms with Crippen molar-refractivity contribution in [1.29, 1.82) is 5.26 Å². The molecule has 0 aliphatic heterocycles. The van der Waals surface area contributed by atoms with E-state index in [1.807, 2.05) is 32.7 Å². The van der Waals surface area contributed by atoms with E-state index >= 15 is 0 Å². The zero-order valence-corrected chi connectivity index (χ0v) is 21.6. The van der Waals surface area contributed by atoms with Crippen molar-refractivity contribution in [1.82, 2.24) is 9.97 Å². The van der Waals surface area contributed by atoms with Crippen LogP contribution in [0.15, 0.2) is 18.3 Å². The maximum Gasteiger partial charge on any atom is 0.251 e. The molecule has 1 aliphatic carbocycles. The first-order valence-electron chi connectivity index (χ1n) is 11.8. The van der Waals surface area contributed by atoms with Gasteiger partial charge in [-0.2, -0.15) is 5.26 Å². The van der Waals surface area contributed by atoms with Gasteiger partial charge in [-0.1, -0.05) is 13.8 Å². The average Bonchev–Trinajstić information content (AvgIpc) is 2.80. The number of nitrogens with zero attached hydrogens (tertiary/aromatic N) is 4. The first kappa shape index (κ1) is 29.5. The van der Waals surface area contributed by atoms with E-state index in [1.54, 1.807) is 13.1 Å². The van der Waals surface area contributed by atoms with Crippen molar-refractivity contribution in [2.45, 2.75) is 60.3 Å². The van der Waals surface area contributed by atoms with Gasteiger partial charge in [-0.15, -0.1) is 0 Å². The predicted octanol–water partition coefficient (Wildman–Crippen LogP) is 5.07. The van der Waals surface area contributed by atoms with Gasteiger partial charge in [0.1, 0.15) is 12.1 Å². The van der Waals surface area contributed by atoms with Gasteiger partial charge in [0.15, 0.2) is 0 Å². The first-order chi connectivity index (χ1) is 16.6. The second-order valence-electron chi connectivity index (χ2n) is 8.67. The zero-order valence-electron chi connectivity index (χ0n) is 21.6. The summed E-state index contributed by atoms with van der Waals surface area (Å²) in [6, 6.07) is 4.86. The van der Waals surface area contributed by atoms with Gasteiger partial charge in [-0.05, 0) is 63.6 Å². The molecule has 190 valence electrons. The van der Waals surface area contributed by atoms with Crippen molar-refractivity contribution in [3.05, 3.63) is 41.0 Å². The molecule has 9 heteroatoms. The Balaban J connectivity index is 0.000000417. The van der Waals surface area contributed by atoms with Crippen LogP contribution in [0, 0.1) is 42.8 Å². The molecular formula is C26H37FN6O2. The Morgan fingerprint density at radius 1 is 1.34 bits per heavy atom. The Labute approximate surface area is 207 Å². The van der Waals surface area contributed by atoms with Gasteiger partial charge in [0, 0.05) is 31.6 Å². The molecule has 1 aliphatic rings. The largest absolute Gasteiger partial charge is 0.372 e. The lowest BCUT2D eigenvalue weighted by molar-refractivity contribution is -0.107. The minimum absolute atomic E-state index is 0.134. The molecule has 0 bridgehead atoms. The standard InChI is InChI=1S/C16H20FN5O.C6H9N.C4H8O/c1-5-22(4)14-8-19-16(20-10(14)3)21-13-7-12(17)11(15(18)23)6-9(13)2;1-5-2-6(3-5)4-7;1-2-3-4-5/h6-8H,5H2,1-4H3,(H2,18,23)(H,19,20,21);5-6H,2-3H2,1H3;4H,2-3H2,1H3. The minimum Gasteiger partial charge on any atom is -0.372 e. The van der Waals surface area contributed by atoms with Gasteiger partial charge in [0.2, 0.25) is 5.95 Å². The normalized spacial score (nSPS) is 15.7. The molecule has 0 unspecified atom stereocenters. The molecule has 1 saturated carbocycles. The first-order valence-corrected chi connectivity index (χ1v) is 11.8. The van der Waals surface area contributed by atoms with Crippen LogP contribution in [0.1, 0.15) is 68.1 Å². The van der Waals surface area contributed by atoms with E-state index in [9.17, 15) is 14.0 Å². The van der Waals surface area contributed by atoms with Crippen molar-refractivity contribution in [2.24, 2.45) is 17.6 Å². The molecule has 0 radical (unpaired) electrons. The third kappa shape index (κ3) is 9.32. The minimum atomic E-state index is -0.795. The summed E-state index contributed by atoms with van der Waals surface area (Å²) in [5, 5.41) is 11.2. The van der Waals surface area contributed by atoms with E-state index in [1.165, 1.54) is 12.1 Å². The van der Waals surface area contributed by atoms with Crippen LogP contribution in [0.4, 0.5) is 21.7 Å². The highest BCUT2D eigenvalue weighted by Gasteiger charge is 2.24. The lowest BCUT2D eigenvalue weighted by atomic mass is 9.77. The summed E-state index contributed by atoms with van der Waals surface area (Å²) < 4.78 is 13.9. The van der Waals surface area contributed by atoms with Crippen LogP contribution in [0.3, 0.4) is 0 Å². The molecule has 3 N–H and O–H groups in total. The molecule has 1 heterocycles. The zero-order chi connectivity index (χ0) is 26.5. The predicted molar refractivity (Wildman–Crippen MR) is 137 cm³/mol. The topological polar surface area (TPSA) is 125 Å². The van der Waals surface area contributed by atoms with Gasteiger partial charge >= 0.3 is 0 Å². The molecule has 1 aromatic heterocycles. The number of unbranched alkanes of at least 4 members (excludes halogenated alkanes) is 1. The van der Waals surface area contributed by atoms with Crippen LogP contribution in [0.5, 0.6) is 0 Å². The van der Waals surface area contributed by atoms with E-state index < -0.39 is 11.7 Å². The lowest BCUT2D eigenvalue weighted by Crippen LogP contribution is -2.18. The number of nitrogens with one attached hydrogen (secondary N) is 1. The number of aldehydes is 1. The van der Waals surface area contributed by atoms with E-state index in [-0.39, 0.29) is 5.56 Å². The smallest absolute Gasteiger partial charge is 0.251 e. The third-order valence-corrected chi connectivity index (χ3v) is 5.63. The maximum absolute atomic E-state index is 13.9. The van der Waals surface area contributed by atoms with Gasteiger partial charge in [0.25, 0.3) is 5.91 Å². The molecule has 3 rings (SSSR count). The molecule has 2 aromatic rings. The Morgan fingerprint density at radius 2 is 2.00 bits per heavy atom. The van der Waals surface area contributed by atoms with Crippen molar-refractivity contribution < 1.29 is 14.0 Å². The number of carbonyl (C=O) groups is 2. The Bertz CT molecular complexity index is 1030. The summed E-state index contributed by atoms with van der Waals surface area (Å²) in [6.45, 7) is 10.7. The summed E-state index contributed by atoms with van der Waals surface area (Å²) >= 11 is 0. The number of aromatic nitrogens is 2. The number of benzene rings is 1. The van der Waals surface area contributed by atoms with E-state index in [0.29, 0.717) is 29.5 Å². The van der Waals surface area contributed by atoms with Crippen LogP contribution in [-0.2, 0) is 4.79 Å². The third-order valence-electron chi connectivity index (χ3n) is 5.63. The summed E-state index contributed by atoms with van der Waals surface area (Å²) in [7, 11) is 1.96. The van der Waals surface area contributed by atoms with E-state index in [4.69, 9.17) is 11.0 Å². The number of hydrogen-bond donors (Lipinski definition) is 2. The van der Waals surface area contributed by atoms with Gasteiger partial charge in [-0.3, -0.25) is 4.79 Å². The number of anilines is 3.